The first-order valence-electron chi connectivity index (χ1n) is 7.60. The minimum Gasteiger partial charge on any atom is -0.478 e. The van der Waals surface area contributed by atoms with E-state index in [0.717, 1.165) is 6.20 Å². The molecule has 0 saturated heterocycles. The van der Waals surface area contributed by atoms with E-state index in [1.165, 1.54) is 16.9 Å². The lowest BCUT2D eigenvalue weighted by Gasteiger charge is -2.06. The van der Waals surface area contributed by atoms with E-state index in [1.807, 2.05) is 0 Å². The van der Waals surface area contributed by atoms with Gasteiger partial charge in [0.2, 0.25) is 5.95 Å². The Hall–Kier alpha value is -3.81. The van der Waals surface area contributed by atoms with Gasteiger partial charge < -0.3 is 5.11 Å². The molecule has 2 N–H and O–H groups in total. The SMILES string of the molecule is O=C(O)c1cnn(-c2nc3ccc(-c4ccccc4F)cc3c(=O)[nH]2)c1. The zero-order valence-electron chi connectivity index (χ0n) is 13.2. The van der Waals surface area contributed by atoms with Gasteiger partial charge in [0.1, 0.15) is 5.82 Å². The van der Waals surface area contributed by atoms with Crippen molar-refractivity contribution in [1.29, 1.82) is 0 Å². The van der Waals surface area contributed by atoms with Gasteiger partial charge >= 0.3 is 5.97 Å². The Morgan fingerprint density at radius 2 is 2.00 bits per heavy atom. The van der Waals surface area contributed by atoms with Gasteiger partial charge in [-0.1, -0.05) is 24.3 Å². The fraction of sp³-hybridized carbons (Fsp3) is 0. The molecule has 2 aromatic heterocycles. The largest absolute Gasteiger partial charge is 0.478 e. The number of rotatable bonds is 3. The molecule has 4 aromatic rings. The van der Waals surface area contributed by atoms with E-state index in [-0.39, 0.29) is 17.3 Å². The monoisotopic (exact) mass is 350 g/mol. The molecule has 8 heteroatoms. The number of nitrogens with one attached hydrogen (secondary N) is 1. The lowest BCUT2D eigenvalue weighted by Crippen LogP contribution is -2.14. The van der Waals surface area contributed by atoms with Crippen LogP contribution in [0.2, 0.25) is 0 Å². The third-order valence-electron chi connectivity index (χ3n) is 3.92. The molecule has 0 bridgehead atoms. The highest BCUT2D eigenvalue weighted by Crippen LogP contribution is 2.24. The second kappa shape index (κ2) is 5.92. The van der Waals surface area contributed by atoms with Crippen LogP contribution in [0.4, 0.5) is 4.39 Å². The Kier molecular flexibility index (Phi) is 3.58. The molecule has 0 spiro atoms. The lowest BCUT2D eigenvalue weighted by molar-refractivity contribution is 0.0697. The van der Waals surface area contributed by atoms with Crippen molar-refractivity contribution in [3.05, 3.63) is 76.6 Å². The number of benzene rings is 2. The van der Waals surface area contributed by atoms with Crippen molar-refractivity contribution >= 4 is 16.9 Å². The first-order valence-corrected chi connectivity index (χ1v) is 7.60. The van der Waals surface area contributed by atoms with Crippen LogP contribution in [0.25, 0.3) is 28.0 Å². The van der Waals surface area contributed by atoms with Crippen LogP contribution >= 0.6 is 0 Å². The van der Waals surface area contributed by atoms with E-state index in [2.05, 4.69) is 15.1 Å². The summed E-state index contributed by atoms with van der Waals surface area (Å²) in [5, 5.41) is 13.1. The molecule has 0 saturated carbocycles. The number of halogens is 1. The average Bonchev–Trinajstić information content (AvgIpc) is 3.12. The highest BCUT2D eigenvalue weighted by atomic mass is 19.1. The van der Waals surface area contributed by atoms with E-state index in [4.69, 9.17) is 5.11 Å². The molecule has 7 nitrogen and oxygen atoms in total. The molecule has 0 amide bonds. The van der Waals surface area contributed by atoms with Crippen LogP contribution in [0.5, 0.6) is 0 Å². The Labute approximate surface area is 145 Å². The van der Waals surface area contributed by atoms with Crippen LogP contribution in [-0.4, -0.2) is 30.8 Å². The zero-order chi connectivity index (χ0) is 18.3. The summed E-state index contributed by atoms with van der Waals surface area (Å²) in [5.74, 6) is -1.42. The molecule has 2 heterocycles. The number of aromatic carboxylic acids is 1. The maximum absolute atomic E-state index is 14.0. The summed E-state index contributed by atoms with van der Waals surface area (Å²) in [4.78, 5) is 30.2. The average molecular weight is 350 g/mol. The van der Waals surface area contributed by atoms with Crippen LogP contribution in [-0.2, 0) is 0 Å². The molecule has 0 atom stereocenters. The standard InChI is InChI=1S/C18H11FN4O3/c19-14-4-2-1-3-12(14)10-5-6-15-13(7-10)16(24)22-18(21-15)23-9-11(8-20-23)17(25)26/h1-9H,(H,25,26)(H,21,22,24). The van der Waals surface area contributed by atoms with Crippen molar-refractivity contribution in [2.24, 2.45) is 0 Å². The summed E-state index contributed by atoms with van der Waals surface area (Å²) < 4.78 is 15.1. The lowest BCUT2D eigenvalue weighted by atomic mass is 10.0. The van der Waals surface area contributed by atoms with Crippen LogP contribution in [0, 0.1) is 5.82 Å². The topological polar surface area (TPSA) is 101 Å². The first-order chi connectivity index (χ1) is 12.5. The zero-order valence-corrected chi connectivity index (χ0v) is 13.2. The van der Waals surface area contributed by atoms with E-state index >= 15 is 0 Å². The van der Waals surface area contributed by atoms with Crippen molar-refractivity contribution < 1.29 is 14.3 Å². The van der Waals surface area contributed by atoms with E-state index < -0.39 is 11.5 Å². The molecule has 0 radical (unpaired) electrons. The second-order valence-corrected chi connectivity index (χ2v) is 5.58. The van der Waals surface area contributed by atoms with Gasteiger partial charge in [0.25, 0.3) is 5.56 Å². The van der Waals surface area contributed by atoms with Crippen molar-refractivity contribution in [2.45, 2.75) is 0 Å². The van der Waals surface area contributed by atoms with Crippen molar-refractivity contribution in [3.8, 4) is 17.1 Å². The van der Waals surface area contributed by atoms with Crippen LogP contribution < -0.4 is 5.56 Å². The van der Waals surface area contributed by atoms with Gasteiger partial charge in [-0.3, -0.25) is 9.78 Å². The summed E-state index contributed by atoms with van der Waals surface area (Å²) in [6, 6.07) is 11.1. The third-order valence-corrected chi connectivity index (χ3v) is 3.92. The highest BCUT2D eigenvalue weighted by Gasteiger charge is 2.12. The number of hydrogen-bond donors (Lipinski definition) is 2. The van der Waals surface area contributed by atoms with Gasteiger partial charge in [-0.15, -0.1) is 0 Å². The summed E-state index contributed by atoms with van der Waals surface area (Å²) in [5.41, 5.74) is 0.869. The number of carbonyl (C=O) groups is 1. The van der Waals surface area contributed by atoms with Crippen molar-refractivity contribution in [1.82, 2.24) is 19.7 Å². The maximum Gasteiger partial charge on any atom is 0.338 e. The molecule has 128 valence electrons. The van der Waals surface area contributed by atoms with Crippen LogP contribution in [0.1, 0.15) is 10.4 Å². The number of H-pyrrole nitrogens is 1. The Balaban J connectivity index is 1.84. The maximum atomic E-state index is 14.0. The number of carboxylic acids is 1. The molecule has 2 aromatic carbocycles. The molecule has 0 aliphatic carbocycles. The van der Waals surface area contributed by atoms with Gasteiger partial charge in [0, 0.05) is 11.8 Å². The fourth-order valence-corrected chi connectivity index (χ4v) is 2.65. The predicted octanol–water partition coefficient (Wildman–Crippen LogP) is 2.61. The predicted molar refractivity (Wildman–Crippen MR) is 91.8 cm³/mol. The number of nitrogens with zero attached hydrogens (tertiary/aromatic N) is 3. The van der Waals surface area contributed by atoms with Gasteiger partial charge in [-0.2, -0.15) is 5.10 Å². The summed E-state index contributed by atoms with van der Waals surface area (Å²) >= 11 is 0. The number of aromatic amines is 1. The molecule has 4 rings (SSSR count). The van der Waals surface area contributed by atoms with Crippen LogP contribution in [0.3, 0.4) is 0 Å². The highest BCUT2D eigenvalue weighted by molar-refractivity contribution is 5.87. The third kappa shape index (κ3) is 2.63. The summed E-state index contributed by atoms with van der Waals surface area (Å²) in [6.07, 6.45) is 2.41. The quantitative estimate of drug-likeness (QED) is 0.591. The number of carboxylic acid groups (broad SMARTS) is 1. The minimum absolute atomic E-state index is 0.0253. The minimum atomic E-state index is -1.13. The molecular weight excluding hydrogens is 339 g/mol. The smallest absolute Gasteiger partial charge is 0.338 e. The fourth-order valence-electron chi connectivity index (χ4n) is 2.65. The molecular formula is C18H11FN4O3. The van der Waals surface area contributed by atoms with E-state index in [1.54, 1.807) is 36.4 Å². The van der Waals surface area contributed by atoms with Crippen molar-refractivity contribution in [2.75, 3.05) is 0 Å². The second-order valence-electron chi connectivity index (χ2n) is 5.58. The summed E-state index contributed by atoms with van der Waals surface area (Å²) in [7, 11) is 0. The normalized spacial score (nSPS) is 11.0. The number of fused-ring (bicyclic) bond motifs is 1. The molecule has 0 unspecified atom stereocenters. The molecule has 26 heavy (non-hydrogen) atoms. The van der Waals surface area contributed by atoms with Gasteiger partial charge in [0.05, 0.1) is 22.7 Å². The Morgan fingerprint density at radius 1 is 1.19 bits per heavy atom. The molecule has 0 fully saturated rings. The molecule has 0 aliphatic heterocycles. The Bertz CT molecular complexity index is 1210. The van der Waals surface area contributed by atoms with Gasteiger partial charge in [-0.05, 0) is 23.8 Å². The molecule has 0 aliphatic rings. The first kappa shape index (κ1) is 15.7. The van der Waals surface area contributed by atoms with Crippen LogP contribution in [0.15, 0.2) is 59.7 Å². The van der Waals surface area contributed by atoms with Gasteiger partial charge in [-0.25, -0.2) is 18.9 Å². The number of aromatic nitrogens is 4. The van der Waals surface area contributed by atoms with E-state index in [9.17, 15) is 14.0 Å². The van der Waals surface area contributed by atoms with E-state index in [0.29, 0.717) is 22.0 Å². The Morgan fingerprint density at radius 3 is 2.73 bits per heavy atom. The van der Waals surface area contributed by atoms with Crippen molar-refractivity contribution in [3.63, 3.8) is 0 Å². The number of hydrogen-bond acceptors (Lipinski definition) is 4. The summed E-state index contributed by atoms with van der Waals surface area (Å²) in [6.45, 7) is 0. The van der Waals surface area contributed by atoms with Gasteiger partial charge in [0.15, 0.2) is 0 Å².